The van der Waals surface area contributed by atoms with E-state index in [0.29, 0.717) is 0 Å². The second-order valence-corrected chi connectivity index (χ2v) is 14.6. The number of hydrogen-bond acceptors (Lipinski definition) is 2. The lowest BCUT2D eigenvalue weighted by Crippen LogP contribution is -2.09. The Labute approximate surface area is 337 Å². The normalized spacial score (nSPS) is 11.4. The number of nitrogens with zero attached hydrogens (tertiary/aromatic N) is 4. The molecule has 0 bridgehead atoms. The van der Waals surface area contributed by atoms with E-state index in [1.165, 1.54) is 32.6 Å². The van der Waals surface area contributed by atoms with Crippen LogP contribution in [0.4, 0.5) is 34.1 Å². The number of benzene rings is 9. The van der Waals surface area contributed by atoms with Gasteiger partial charge in [-0.2, -0.15) is 0 Å². The first-order valence-corrected chi connectivity index (χ1v) is 19.8. The molecule has 0 aliphatic rings. The van der Waals surface area contributed by atoms with Gasteiger partial charge in [0.1, 0.15) is 0 Å². The van der Waals surface area contributed by atoms with E-state index in [1.54, 1.807) is 0 Å². The first kappa shape index (κ1) is 33.5. The molecule has 4 nitrogen and oxygen atoms in total. The van der Waals surface area contributed by atoms with Crippen LogP contribution in [0.3, 0.4) is 0 Å². The fourth-order valence-electron chi connectivity index (χ4n) is 8.71. The predicted octanol–water partition coefficient (Wildman–Crippen LogP) is 14.8. The molecule has 0 amide bonds. The molecular weight excluding hydrogens is 705 g/mol. The van der Waals surface area contributed by atoms with E-state index in [2.05, 4.69) is 249 Å². The highest BCUT2D eigenvalue weighted by atomic mass is 15.1. The summed E-state index contributed by atoms with van der Waals surface area (Å²) in [6.45, 7) is 0. The van der Waals surface area contributed by atoms with Crippen molar-refractivity contribution in [1.82, 2.24) is 9.13 Å². The minimum Gasteiger partial charge on any atom is -0.310 e. The lowest BCUT2D eigenvalue weighted by atomic mass is 10.1. The maximum atomic E-state index is 2.42. The lowest BCUT2D eigenvalue weighted by Gasteiger charge is -2.26. The first-order chi connectivity index (χ1) is 28.8. The summed E-state index contributed by atoms with van der Waals surface area (Å²) in [5, 5.41) is 4.88. The Morgan fingerprint density at radius 1 is 0.224 bits per heavy atom. The molecule has 0 atom stereocenters. The van der Waals surface area contributed by atoms with E-state index in [1.807, 2.05) is 0 Å². The maximum absolute atomic E-state index is 2.42. The fraction of sp³-hybridized carbons (Fsp3) is 0. The smallest absolute Gasteiger partial charge is 0.0542 e. The monoisotopic (exact) mass is 742 g/mol. The molecule has 0 aliphatic heterocycles. The highest BCUT2D eigenvalue weighted by molar-refractivity contribution is 6.12. The largest absolute Gasteiger partial charge is 0.310 e. The third-order valence-corrected chi connectivity index (χ3v) is 11.3. The number of para-hydroxylation sites is 6. The number of rotatable bonds is 8. The van der Waals surface area contributed by atoms with E-state index in [9.17, 15) is 0 Å². The summed E-state index contributed by atoms with van der Waals surface area (Å²) < 4.78 is 4.79. The van der Waals surface area contributed by atoms with E-state index < -0.39 is 0 Å². The van der Waals surface area contributed by atoms with Gasteiger partial charge in [-0.05, 0) is 121 Å². The average molecular weight is 743 g/mol. The van der Waals surface area contributed by atoms with Gasteiger partial charge in [0.25, 0.3) is 0 Å². The SMILES string of the molecule is c1ccc(N(c2ccccc2)c2ccc3c(c2)c2cc(N(c4ccccc4)c4ccccc4)ccc2n3-c2ccc(-n3c4ccccc4c4ccccc43)cc2)cc1. The van der Waals surface area contributed by atoms with Crippen LogP contribution in [0.1, 0.15) is 0 Å². The summed E-state index contributed by atoms with van der Waals surface area (Å²) in [4.78, 5) is 4.68. The number of hydrogen-bond donors (Lipinski definition) is 0. The van der Waals surface area contributed by atoms with Crippen LogP contribution in [0.25, 0.3) is 55.0 Å². The van der Waals surface area contributed by atoms with Crippen molar-refractivity contribution in [2.75, 3.05) is 9.80 Å². The van der Waals surface area contributed by atoms with Gasteiger partial charge in [-0.25, -0.2) is 0 Å². The average Bonchev–Trinajstić information content (AvgIpc) is 3.80. The van der Waals surface area contributed by atoms with Gasteiger partial charge in [-0.3, -0.25) is 0 Å². The lowest BCUT2D eigenvalue weighted by molar-refractivity contribution is 1.14. The molecule has 0 N–H and O–H groups in total. The van der Waals surface area contributed by atoms with Crippen molar-refractivity contribution in [1.29, 1.82) is 0 Å². The number of anilines is 6. The minimum absolute atomic E-state index is 1.10. The molecule has 9 aromatic carbocycles. The predicted molar refractivity (Wildman–Crippen MR) is 244 cm³/mol. The van der Waals surface area contributed by atoms with Crippen LogP contribution in [0, 0.1) is 0 Å². The molecule has 0 saturated carbocycles. The molecule has 0 unspecified atom stereocenters. The molecular formula is C54H38N4. The quantitative estimate of drug-likeness (QED) is 0.154. The molecule has 11 rings (SSSR count). The van der Waals surface area contributed by atoms with Crippen molar-refractivity contribution < 1.29 is 0 Å². The summed E-state index contributed by atoms with van der Waals surface area (Å²) in [7, 11) is 0. The molecule has 0 radical (unpaired) electrons. The van der Waals surface area contributed by atoms with Crippen LogP contribution < -0.4 is 9.80 Å². The summed E-state index contributed by atoms with van der Waals surface area (Å²) in [6, 6.07) is 82.7. The molecule has 0 aliphatic carbocycles. The Balaban J connectivity index is 1.13. The highest BCUT2D eigenvalue weighted by Gasteiger charge is 2.20. The summed E-state index contributed by atoms with van der Waals surface area (Å²) in [5.41, 5.74) is 13.6. The van der Waals surface area contributed by atoms with Crippen LogP contribution in [-0.2, 0) is 0 Å². The second kappa shape index (κ2) is 14.0. The van der Waals surface area contributed by atoms with E-state index in [-0.39, 0.29) is 0 Å². The third-order valence-electron chi connectivity index (χ3n) is 11.3. The molecule has 58 heavy (non-hydrogen) atoms. The van der Waals surface area contributed by atoms with Gasteiger partial charge in [0.2, 0.25) is 0 Å². The van der Waals surface area contributed by atoms with Gasteiger partial charge >= 0.3 is 0 Å². The summed E-state index contributed by atoms with van der Waals surface area (Å²) >= 11 is 0. The van der Waals surface area contributed by atoms with Crippen LogP contribution in [0.15, 0.2) is 231 Å². The van der Waals surface area contributed by atoms with Crippen LogP contribution >= 0.6 is 0 Å². The van der Waals surface area contributed by atoms with E-state index >= 15 is 0 Å². The Kier molecular flexibility index (Phi) is 8.11. The van der Waals surface area contributed by atoms with Crippen LogP contribution in [0.5, 0.6) is 0 Å². The fourth-order valence-corrected chi connectivity index (χ4v) is 8.71. The summed E-state index contributed by atoms with van der Waals surface area (Å²) in [5.74, 6) is 0. The van der Waals surface area contributed by atoms with E-state index in [0.717, 1.165) is 56.5 Å². The summed E-state index contributed by atoms with van der Waals surface area (Å²) in [6.07, 6.45) is 0. The zero-order chi connectivity index (χ0) is 38.4. The van der Waals surface area contributed by atoms with Crippen molar-refractivity contribution in [3.8, 4) is 11.4 Å². The van der Waals surface area contributed by atoms with Crippen LogP contribution in [-0.4, -0.2) is 9.13 Å². The van der Waals surface area contributed by atoms with Gasteiger partial charge in [-0.1, -0.05) is 109 Å². The molecule has 0 saturated heterocycles. The second-order valence-electron chi connectivity index (χ2n) is 14.6. The van der Waals surface area contributed by atoms with Crippen molar-refractivity contribution in [2.24, 2.45) is 0 Å². The molecule has 0 spiro atoms. The molecule has 274 valence electrons. The van der Waals surface area contributed by atoms with Crippen LogP contribution in [0.2, 0.25) is 0 Å². The number of fused-ring (bicyclic) bond motifs is 6. The van der Waals surface area contributed by atoms with Gasteiger partial charge in [-0.15, -0.1) is 0 Å². The molecule has 11 aromatic rings. The Hall–Kier alpha value is -7.82. The van der Waals surface area contributed by atoms with Crippen molar-refractivity contribution >= 4 is 77.7 Å². The van der Waals surface area contributed by atoms with Gasteiger partial charge in [0.15, 0.2) is 0 Å². The molecule has 4 heteroatoms. The van der Waals surface area contributed by atoms with Gasteiger partial charge < -0.3 is 18.9 Å². The van der Waals surface area contributed by atoms with E-state index in [4.69, 9.17) is 0 Å². The Bertz CT molecular complexity index is 2930. The topological polar surface area (TPSA) is 16.3 Å². The zero-order valence-electron chi connectivity index (χ0n) is 31.7. The molecule has 0 fully saturated rings. The molecule has 2 aromatic heterocycles. The minimum atomic E-state index is 1.10. The number of aromatic nitrogens is 2. The third kappa shape index (κ3) is 5.62. The maximum Gasteiger partial charge on any atom is 0.0542 e. The van der Waals surface area contributed by atoms with Gasteiger partial charge in [0.05, 0.1) is 22.1 Å². The van der Waals surface area contributed by atoms with Crippen molar-refractivity contribution in [2.45, 2.75) is 0 Å². The van der Waals surface area contributed by atoms with Crippen molar-refractivity contribution in [3.05, 3.63) is 231 Å². The Morgan fingerprint density at radius 2 is 0.517 bits per heavy atom. The van der Waals surface area contributed by atoms with Crippen molar-refractivity contribution in [3.63, 3.8) is 0 Å². The van der Waals surface area contributed by atoms with Gasteiger partial charge in [0, 0.05) is 67.0 Å². The standard InChI is InChI=1S/C54H38N4/c1-5-17-39(18-6-1)55(40-19-7-2-8-20-40)45-33-35-53-49(37-45)50-38-46(56(41-21-9-3-10-22-41)42-23-11-4-12-24-42)34-36-54(50)58(53)44-31-29-43(30-32-44)57-51-27-15-13-25-47(51)48-26-14-16-28-52(48)57/h1-38H. The first-order valence-electron chi connectivity index (χ1n) is 19.8. The highest BCUT2D eigenvalue weighted by Crippen LogP contribution is 2.43. The molecule has 2 heterocycles. The Morgan fingerprint density at radius 3 is 0.862 bits per heavy atom. The zero-order valence-corrected chi connectivity index (χ0v) is 31.7.